The second-order valence-corrected chi connectivity index (χ2v) is 8.79. The Bertz CT molecular complexity index is 340. The fourth-order valence-corrected chi connectivity index (χ4v) is 1.45. The topological polar surface area (TPSA) is 66.2 Å². The van der Waals surface area contributed by atoms with Crippen molar-refractivity contribution >= 4 is 81.4 Å². The predicted octanol–water partition coefficient (Wildman–Crippen LogP) is 4.49. The van der Waals surface area contributed by atoms with Crippen LogP contribution >= 0.6 is 69.6 Å². The largest absolute Gasteiger partial charge is 0.477 e. The van der Waals surface area contributed by atoms with E-state index in [1.807, 2.05) is 0 Å². The van der Waals surface area contributed by atoms with Crippen LogP contribution in [0.25, 0.3) is 0 Å². The average Bonchev–Trinajstić information content (AvgIpc) is 3.00. The van der Waals surface area contributed by atoms with Crippen LogP contribution in [0.5, 0.6) is 0 Å². The third kappa shape index (κ3) is 5.90. The Balaban J connectivity index is 2.39. The van der Waals surface area contributed by atoms with Gasteiger partial charge in [-0.3, -0.25) is 10.8 Å². The molecule has 0 saturated heterocycles. The molecule has 0 aromatic rings. The van der Waals surface area contributed by atoms with Gasteiger partial charge < -0.3 is 9.47 Å². The van der Waals surface area contributed by atoms with Crippen LogP contribution < -0.4 is 0 Å². The molecule has 1 rings (SSSR count). The van der Waals surface area contributed by atoms with Crippen LogP contribution in [0.4, 0.5) is 0 Å². The molecule has 19 heavy (non-hydrogen) atoms. The number of hydrogen-bond acceptors (Lipinski definition) is 4. The van der Waals surface area contributed by atoms with Crippen molar-refractivity contribution in [1.29, 1.82) is 10.8 Å². The highest BCUT2D eigenvalue weighted by atomic mass is 35.6. The molecule has 1 saturated carbocycles. The summed E-state index contributed by atoms with van der Waals surface area (Å²) in [5.41, 5.74) is -0.329. The number of halogens is 6. The maximum absolute atomic E-state index is 7.40. The van der Waals surface area contributed by atoms with Gasteiger partial charge in [-0.05, 0) is 12.8 Å². The first-order valence-corrected chi connectivity index (χ1v) is 7.30. The first-order valence-electron chi connectivity index (χ1n) is 5.03. The molecule has 0 aromatic heterocycles. The molecule has 1 aliphatic carbocycles. The van der Waals surface area contributed by atoms with Gasteiger partial charge in [0.25, 0.3) is 7.59 Å². The lowest BCUT2D eigenvalue weighted by atomic mass is 10.1. The molecule has 2 N–H and O–H groups in total. The molecular weight excluding hydrogens is 381 g/mol. The molecule has 110 valence electrons. The summed E-state index contributed by atoms with van der Waals surface area (Å²) in [6.45, 7) is 0.291. The van der Waals surface area contributed by atoms with Crippen LogP contribution in [0.3, 0.4) is 0 Å². The third-order valence-corrected chi connectivity index (χ3v) is 3.55. The van der Waals surface area contributed by atoms with E-state index in [0.29, 0.717) is 0 Å². The lowest BCUT2D eigenvalue weighted by Gasteiger charge is -2.21. The highest BCUT2D eigenvalue weighted by Crippen LogP contribution is 2.47. The number of ether oxygens (including phenoxy) is 2. The van der Waals surface area contributed by atoms with Gasteiger partial charge in [-0.25, -0.2) is 0 Å². The Morgan fingerprint density at radius 1 is 0.842 bits per heavy atom. The van der Waals surface area contributed by atoms with Crippen molar-refractivity contribution in [1.82, 2.24) is 0 Å². The maximum atomic E-state index is 7.40. The molecular formula is C9H10Cl6N2O2. The standard InChI is InChI=1S/C9H10Cl6N2O2/c10-8(11,12)5(16)18-3-7(1-2-7)4-19-6(17)9(13,14)15/h16-17H,1-4H2. The molecule has 0 amide bonds. The minimum Gasteiger partial charge on any atom is -0.477 e. The summed E-state index contributed by atoms with van der Waals surface area (Å²) < 4.78 is 6.40. The van der Waals surface area contributed by atoms with Crippen LogP contribution in [-0.2, 0) is 9.47 Å². The van der Waals surface area contributed by atoms with Gasteiger partial charge in [0.1, 0.15) is 0 Å². The molecule has 1 fully saturated rings. The van der Waals surface area contributed by atoms with Crippen LogP contribution in [0.2, 0.25) is 0 Å². The highest BCUT2D eigenvalue weighted by molar-refractivity contribution is 6.76. The van der Waals surface area contributed by atoms with Crippen LogP contribution in [-0.4, -0.2) is 32.6 Å². The molecule has 0 heterocycles. The lowest BCUT2D eigenvalue weighted by molar-refractivity contribution is 0.142. The molecule has 0 aromatic carbocycles. The molecule has 10 heteroatoms. The van der Waals surface area contributed by atoms with Crippen molar-refractivity contribution in [3.63, 3.8) is 0 Å². The van der Waals surface area contributed by atoms with Crippen molar-refractivity contribution in [3.8, 4) is 0 Å². The van der Waals surface area contributed by atoms with Gasteiger partial charge in [0, 0.05) is 5.41 Å². The molecule has 0 unspecified atom stereocenters. The molecule has 0 bridgehead atoms. The van der Waals surface area contributed by atoms with E-state index in [1.165, 1.54) is 0 Å². The first-order chi connectivity index (χ1) is 8.46. The Labute approximate surface area is 140 Å². The van der Waals surface area contributed by atoms with E-state index in [-0.39, 0.29) is 18.6 Å². The quantitative estimate of drug-likeness (QED) is 0.421. The summed E-state index contributed by atoms with van der Waals surface area (Å²) in [5.74, 6) is -0.916. The monoisotopic (exact) mass is 388 g/mol. The van der Waals surface area contributed by atoms with Gasteiger partial charge in [-0.1, -0.05) is 69.6 Å². The Morgan fingerprint density at radius 3 is 1.37 bits per heavy atom. The molecule has 4 nitrogen and oxygen atoms in total. The fourth-order valence-electron chi connectivity index (χ4n) is 1.12. The predicted molar refractivity (Wildman–Crippen MR) is 79.6 cm³/mol. The minimum absolute atomic E-state index is 0.146. The van der Waals surface area contributed by atoms with Gasteiger partial charge in [0.05, 0.1) is 13.2 Å². The van der Waals surface area contributed by atoms with E-state index < -0.39 is 19.4 Å². The SMILES string of the molecule is N=C(OCC1(COC(=N)C(Cl)(Cl)Cl)CC1)C(Cl)(Cl)Cl. The molecule has 0 spiro atoms. The van der Waals surface area contributed by atoms with Crippen molar-refractivity contribution < 1.29 is 9.47 Å². The average molecular weight is 391 g/mol. The van der Waals surface area contributed by atoms with Crippen LogP contribution in [0.15, 0.2) is 0 Å². The summed E-state index contributed by atoms with van der Waals surface area (Å²) in [4.78, 5) is 0. The van der Waals surface area contributed by atoms with E-state index >= 15 is 0 Å². The lowest BCUT2D eigenvalue weighted by Crippen LogP contribution is -2.29. The number of rotatable bonds is 4. The van der Waals surface area contributed by atoms with Crippen molar-refractivity contribution in [2.75, 3.05) is 13.2 Å². The Morgan fingerprint density at radius 2 is 1.16 bits per heavy atom. The van der Waals surface area contributed by atoms with Crippen LogP contribution in [0, 0.1) is 16.2 Å². The second kappa shape index (κ2) is 6.20. The summed E-state index contributed by atoms with van der Waals surface area (Å²) in [7, 11) is 0. The normalized spacial score (nSPS) is 17.8. The smallest absolute Gasteiger partial charge is 0.265 e. The maximum Gasteiger partial charge on any atom is 0.265 e. The Hall–Kier alpha value is 0.680. The van der Waals surface area contributed by atoms with Gasteiger partial charge in [-0.15, -0.1) is 0 Å². The highest BCUT2D eigenvalue weighted by Gasteiger charge is 2.46. The van der Waals surface area contributed by atoms with Gasteiger partial charge in [-0.2, -0.15) is 0 Å². The summed E-state index contributed by atoms with van der Waals surface area (Å²) >= 11 is 32.9. The van der Waals surface area contributed by atoms with E-state index in [2.05, 4.69) is 0 Å². The summed E-state index contributed by atoms with van der Waals surface area (Å²) in [5, 5.41) is 14.8. The third-order valence-electron chi connectivity index (χ3n) is 2.52. The van der Waals surface area contributed by atoms with E-state index in [0.717, 1.165) is 12.8 Å². The van der Waals surface area contributed by atoms with E-state index in [9.17, 15) is 0 Å². The van der Waals surface area contributed by atoms with E-state index in [4.69, 9.17) is 89.9 Å². The first kappa shape index (κ1) is 17.7. The zero-order valence-electron chi connectivity index (χ0n) is 9.41. The molecule has 0 radical (unpaired) electrons. The van der Waals surface area contributed by atoms with Crippen LogP contribution in [0.1, 0.15) is 12.8 Å². The molecule has 0 atom stereocenters. The van der Waals surface area contributed by atoms with Crippen molar-refractivity contribution in [3.05, 3.63) is 0 Å². The zero-order chi connectivity index (χ0) is 14.9. The number of alkyl halides is 6. The van der Waals surface area contributed by atoms with Crippen molar-refractivity contribution in [2.45, 2.75) is 20.4 Å². The molecule has 1 aliphatic rings. The second-order valence-electron chi connectivity index (χ2n) is 4.23. The summed E-state index contributed by atoms with van der Waals surface area (Å²) in [6, 6.07) is 0. The van der Waals surface area contributed by atoms with Gasteiger partial charge in [0.15, 0.2) is 0 Å². The fraction of sp³-hybridized carbons (Fsp3) is 0.778. The number of hydrogen-bond donors (Lipinski definition) is 2. The van der Waals surface area contributed by atoms with Gasteiger partial charge >= 0.3 is 0 Å². The zero-order valence-corrected chi connectivity index (χ0v) is 13.9. The Kier molecular flexibility index (Phi) is 5.79. The number of nitrogens with one attached hydrogen (secondary N) is 2. The van der Waals surface area contributed by atoms with E-state index in [1.54, 1.807) is 0 Å². The molecule has 0 aliphatic heterocycles. The summed E-state index contributed by atoms with van der Waals surface area (Å²) in [6.07, 6.45) is 1.60. The minimum atomic E-state index is -1.89. The van der Waals surface area contributed by atoms with Crippen molar-refractivity contribution in [2.24, 2.45) is 5.41 Å². The van der Waals surface area contributed by atoms with Gasteiger partial charge in [0.2, 0.25) is 11.8 Å².